The van der Waals surface area contributed by atoms with E-state index in [1.807, 2.05) is 24.3 Å². The molecule has 0 aromatic heterocycles. The third-order valence-electron chi connectivity index (χ3n) is 9.01. The Morgan fingerprint density at radius 1 is 1.13 bits per heavy atom. The Morgan fingerprint density at radius 3 is 2.64 bits per heavy atom. The van der Waals surface area contributed by atoms with E-state index in [0.29, 0.717) is 25.3 Å². The summed E-state index contributed by atoms with van der Waals surface area (Å²) in [7, 11) is 0. The molecule has 1 saturated heterocycles. The maximum atomic E-state index is 13.7. The zero-order valence-corrected chi connectivity index (χ0v) is 24.0. The van der Waals surface area contributed by atoms with Gasteiger partial charge in [0, 0.05) is 37.5 Å². The number of carbonyl (C=O) groups excluding carboxylic acids is 1. The minimum atomic E-state index is -0.914. The molecule has 2 aromatic carbocycles. The van der Waals surface area contributed by atoms with Gasteiger partial charge in [-0.25, -0.2) is 0 Å². The van der Waals surface area contributed by atoms with Crippen LogP contribution in [0.4, 0.5) is 0 Å². The molecule has 0 spiro atoms. The summed E-state index contributed by atoms with van der Waals surface area (Å²) in [5.74, 6) is 0.846. The Labute approximate surface area is 235 Å². The maximum Gasteiger partial charge on any atom is 0.222 e. The number of benzene rings is 2. The summed E-state index contributed by atoms with van der Waals surface area (Å²) in [6, 6.07) is 18.1. The van der Waals surface area contributed by atoms with Crippen LogP contribution in [-0.4, -0.2) is 63.7 Å². The van der Waals surface area contributed by atoms with Gasteiger partial charge < -0.3 is 15.1 Å². The number of hydrogen-bond acceptors (Lipinski definition) is 4. The number of aliphatic hydroxyl groups is 1. The number of phenolic OH excluding ortho intramolecular Hbond substituents is 1. The van der Waals surface area contributed by atoms with Crippen LogP contribution >= 0.6 is 0 Å². The van der Waals surface area contributed by atoms with Gasteiger partial charge in [0.1, 0.15) is 5.75 Å². The summed E-state index contributed by atoms with van der Waals surface area (Å²) < 4.78 is 0. The van der Waals surface area contributed by atoms with Gasteiger partial charge in [-0.05, 0) is 80.7 Å². The molecule has 5 nitrogen and oxygen atoms in total. The van der Waals surface area contributed by atoms with E-state index >= 15 is 0 Å². The Morgan fingerprint density at radius 2 is 1.92 bits per heavy atom. The molecule has 5 heteroatoms. The largest absolute Gasteiger partial charge is 0.508 e. The fraction of sp³-hybridized carbons (Fsp3) is 0.559. The second kappa shape index (κ2) is 13.1. The fourth-order valence-electron chi connectivity index (χ4n) is 7.06. The third kappa shape index (κ3) is 6.93. The first-order valence-corrected chi connectivity index (χ1v) is 14.9. The molecule has 212 valence electrons. The van der Waals surface area contributed by atoms with Gasteiger partial charge in [0.2, 0.25) is 5.91 Å². The standard InChI is InChI=1S/C34H48N2O3/c1-4-21-35-22-20-33(29-15-11-16-31(37)23-29)24-30(18-19-34(33,39)26-35)36(25-27(2)3)32(38)17-10-6-9-14-28-12-7-5-8-13-28/h4-5,7-8,11-13,15-16,23,27,30,37,39H,1,6,9-10,14,17-22,24-26H2,2-3H3. The number of aryl methyl sites for hydroxylation is 1. The van der Waals surface area contributed by atoms with Crippen molar-refractivity contribution in [2.24, 2.45) is 5.92 Å². The summed E-state index contributed by atoms with van der Waals surface area (Å²) in [6.07, 6.45) is 9.54. The van der Waals surface area contributed by atoms with Crippen molar-refractivity contribution in [2.75, 3.05) is 26.2 Å². The molecular formula is C34H48N2O3. The predicted molar refractivity (Wildman–Crippen MR) is 159 cm³/mol. The van der Waals surface area contributed by atoms with E-state index in [1.54, 1.807) is 6.07 Å². The van der Waals surface area contributed by atoms with Crippen LogP contribution in [0.1, 0.15) is 76.3 Å². The highest BCUT2D eigenvalue weighted by molar-refractivity contribution is 5.76. The average Bonchev–Trinajstić information content (AvgIpc) is 2.91. The van der Waals surface area contributed by atoms with E-state index in [2.05, 4.69) is 60.6 Å². The molecule has 3 unspecified atom stereocenters. The van der Waals surface area contributed by atoms with Crippen LogP contribution in [0.15, 0.2) is 67.3 Å². The quantitative estimate of drug-likeness (QED) is 0.256. The van der Waals surface area contributed by atoms with Crippen molar-refractivity contribution in [3.63, 3.8) is 0 Å². The zero-order chi connectivity index (χ0) is 27.9. The van der Waals surface area contributed by atoms with Crippen molar-refractivity contribution in [3.8, 4) is 5.75 Å². The molecule has 0 radical (unpaired) electrons. The molecule has 3 atom stereocenters. The summed E-state index contributed by atoms with van der Waals surface area (Å²) in [6.45, 7) is 11.2. The first kappa shape index (κ1) is 29.4. The normalized spacial score (nSPS) is 25.3. The highest BCUT2D eigenvalue weighted by atomic mass is 16.3. The number of β-amino-alcohol motifs (C(OH)–C–C–N with tert-alkyl or cyclic N) is 1. The van der Waals surface area contributed by atoms with Gasteiger partial charge in [-0.15, -0.1) is 6.58 Å². The van der Waals surface area contributed by atoms with E-state index < -0.39 is 11.0 Å². The predicted octanol–water partition coefficient (Wildman–Crippen LogP) is 6.09. The van der Waals surface area contributed by atoms with Gasteiger partial charge >= 0.3 is 0 Å². The molecular weight excluding hydrogens is 484 g/mol. The lowest BCUT2D eigenvalue weighted by Crippen LogP contribution is -2.67. The summed E-state index contributed by atoms with van der Waals surface area (Å²) in [4.78, 5) is 18.1. The molecule has 2 aliphatic rings. The van der Waals surface area contributed by atoms with E-state index in [1.165, 1.54) is 5.56 Å². The Balaban J connectivity index is 1.49. The number of likely N-dealkylation sites (tertiary alicyclic amines) is 1. The van der Waals surface area contributed by atoms with Crippen molar-refractivity contribution in [1.82, 2.24) is 9.80 Å². The number of unbranched alkanes of at least 4 members (excludes halogenated alkanes) is 2. The van der Waals surface area contributed by atoms with E-state index in [9.17, 15) is 15.0 Å². The highest BCUT2D eigenvalue weighted by Gasteiger charge is 2.58. The molecule has 1 heterocycles. The monoisotopic (exact) mass is 532 g/mol. The summed E-state index contributed by atoms with van der Waals surface area (Å²) >= 11 is 0. The van der Waals surface area contributed by atoms with Crippen molar-refractivity contribution >= 4 is 5.91 Å². The minimum absolute atomic E-state index is 0.0813. The SMILES string of the molecule is C=CCN1CCC2(c3cccc(O)c3)CC(N(CC(C)C)C(=O)CCCCCc3ccccc3)CCC2(O)C1. The molecule has 1 aliphatic carbocycles. The second-order valence-electron chi connectivity index (χ2n) is 12.3. The molecule has 4 rings (SSSR count). The molecule has 0 bridgehead atoms. The number of nitrogens with zero attached hydrogens (tertiary/aromatic N) is 2. The Hall–Kier alpha value is -2.63. The second-order valence-corrected chi connectivity index (χ2v) is 12.3. The van der Waals surface area contributed by atoms with Crippen LogP contribution < -0.4 is 0 Å². The molecule has 39 heavy (non-hydrogen) atoms. The van der Waals surface area contributed by atoms with Crippen LogP contribution in [0, 0.1) is 5.92 Å². The van der Waals surface area contributed by atoms with Crippen molar-refractivity contribution < 1.29 is 15.0 Å². The first-order valence-electron chi connectivity index (χ1n) is 14.9. The fourth-order valence-corrected chi connectivity index (χ4v) is 7.06. The maximum absolute atomic E-state index is 13.7. The number of hydrogen-bond donors (Lipinski definition) is 2. The molecule has 1 aliphatic heterocycles. The van der Waals surface area contributed by atoms with Crippen LogP contribution in [0.2, 0.25) is 0 Å². The molecule has 1 amide bonds. The number of rotatable bonds is 12. The number of fused-ring (bicyclic) bond motifs is 1. The van der Waals surface area contributed by atoms with Gasteiger partial charge in [0.05, 0.1) is 5.60 Å². The van der Waals surface area contributed by atoms with Crippen LogP contribution in [-0.2, 0) is 16.6 Å². The molecule has 2 N–H and O–H groups in total. The average molecular weight is 533 g/mol. The Bertz CT molecular complexity index is 1090. The number of amides is 1. The lowest BCUT2D eigenvalue weighted by molar-refractivity contribution is -0.149. The lowest BCUT2D eigenvalue weighted by atomic mass is 9.55. The number of aromatic hydroxyl groups is 1. The topological polar surface area (TPSA) is 64.0 Å². The third-order valence-corrected chi connectivity index (χ3v) is 9.01. The van der Waals surface area contributed by atoms with E-state index in [-0.39, 0.29) is 17.7 Å². The zero-order valence-electron chi connectivity index (χ0n) is 24.0. The summed E-state index contributed by atoms with van der Waals surface area (Å²) in [5.41, 5.74) is 0.933. The van der Waals surface area contributed by atoms with Gasteiger partial charge in [-0.3, -0.25) is 9.69 Å². The van der Waals surface area contributed by atoms with Crippen molar-refractivity contribution in [1.29, 1.82) is 0 Å². The minimum Gasteiger partial charge on any atom is -0.508 e. The van der Waals surface area contributed by atoms with Gasteiger partial charge in [0.15, 0.2) is 0 Å². The number of carbonyl (C=O) groups is 1. The van der Waals surface area contributed by atoms with Crippen LogP contribution in [0.25, 0.3) is 0 Å². The molecule has 2 aromatic rings. The lowest BCUT2D eigenvalue weighted by Gasteiger charge is -2.59. The van der Waals surface area contributed by atoms with Gasteiger partial charge in [-0.1, -0.05) is 68.8 Å². The van der Waals surface area contributed by atoms with Gasteiger partial charge in [0.25, 0.3) is 0 Å². The van der Waals surface area contributed by atoms with Crippen molar-refractivity contribution in [3.05, 3.63) is 78.4 Å². The Kier molecular flexibility index (Phi) is 9.90. The molecule has 1 saturated carbocycles. The highest BCUT2D eigenvalue weighted by Crippen LogP contribution is 2.53. The van der Waals surface area contributed by atoms with Crippen molar-refractivity contribution in [2.45, 2.75) is 88.7 Å². The number of phenols is 1. The van der Waals surface area contributed by atoms with Crippen LogP contribution in [0.5, 0.6) is 5.75 Å². The first-order chi connectivity index (χ1) is 18.8. The number of piperidine rings is 1. The van der Waals surface area contributed by atoms with E-state index in [4.69, 9.17) is 0 Å². The smallest absolute Gasteiger partial charge is 0.222 e. The van der Waals surface area contributed by atoms with E-state index in [0.717, 1.165) is 70.1 Å². The molecule has 2 fully saturated rings. The van der Waals surface area contributed by atoms with Gasteiger partial charge in [-0.2, -0.15) is 0 Å². The van der Waals surface area contributed by atoms with Crippen LogP contribution in [0.3, 0.4) is 0 Å². The summed E-state index contributed by atoms with van der Waals surface area (Å²) in [5, 5.41) is 22.6.